The number of hydrogen-bond donors (Lipinski definition) is 3. The number of nitrogens with two attached hydrogens (primary N) is 1. The number of nitrogens with one attached hydrogen (secondary N) is 2. The van der Waals surface area contributed by atoms with Gasteiger partial charge in [-0.2, -0.15) is 5.10 Å². The minimum Gasteiger partial charge on any atom is -0.493 e. The van der Waals surface area contributed by atoms with E-state index in [0.717, 1.165) is 40.9 Å². The molecule has 2 aromatic carbocycles. The first-order chi connectivity index (χ1) is 19.2. The predicted molar refractivity (Wildman–Crippen MR) is 145 cm³/mol. The molecule has 0 radical (unpaired) electrons. The fourth-order valence-electron chi connectivity index (χ4n) is 6.29. The normalized spacial score (nSPS) is 21.1. The minimum absolute atomic E-state index is 0.122. The van der Waals surface area contributed by atoms with Gasteiger partial charge in [0.2, 0.25) is 5.91 Å². The van der Waals surface area contributed by atoms with Gasteiger partial charge in [0.25, 0.3) is 5.91 Å². The van der Waals surface area contributed by atoms with Crippen LogP contribution in [0, 0.1) is 31.0 Å². The number of carbonyl (C=O) groups is 2. The SMILES string of the molecule is Cc1n[nH]c(C)c1-c1ccc(NC(=O)CC2c3ccc(F)cc3OCC23CC3CCc2nocc2C(N)=O)cc1. The zero-order valence-corrected chi connectivity index (χ0v) is 22.3. The van der Waals surface area contributed by atoms with Crippen molar-refractivity contribution in [2.45, 2.75) is 45.4 Å². The number of nitrogens with zero attached hydrogens (tertiary/aromatic N) is 2. The molecule has 4 N–H and O–H groups in total. The van der Waals surface area contributed by atoms with E-state index in [0.29, 0.717) is 30.2 Å². The Morgan fingerprint density at radius 3 is 2.73 bits per heavy atom. The van der Waals surface area contributed by atoms with Crippen LogP contribution in [0.5, 0.6) is 5.75 Å². The van der Waals surface area contributed by atoms with Gasteiger partial charge in [-0.15, -0.1) is 0 Å². The summed E-state index contributed by atoms with van der Waals surface area (Å²) < 4.78 is 25.0. The maximum Gasteiger partial charge on any atom is 0.253 e. The Morgan fingerprint density at radius 2 is 2.00 bits per heavy atom. The Hall–Kier alpha value is -4.47. The highest BCUT2D eigenvalue weighted by Gasteiger charge is 2.61. The zero-order chi connectivity index (χ0) is 28.0. The van der Waals surface area contributed by atoms with Crippen molar-refractivity contribution in [1.82, 2.24) is 15.4 Å². The van der Waals surface area contributed by atoms with Gasteiger partial charge < -0.3 is 20.3 Å². The van der Waals surface area contributed by atoms with E-state index in [4.69, 9.17) is 15.0 Å². The summed E-state index contributed by atoms with van der Waals surface area (Å²) in [4.78, 5) is 25.0. The number of anilines is 1. The molecule has 1 aliphatic heterocycles. The number of carbonyl (C=O) groups excluding carboxylic acids is 2. The maximum atomic E-state index is 14.0. The monoisotopic (exact) mass is 543 g/mol. The molecule has 40 heavy (non-hydrogen) atoms. The smallest absolute Gasteiger partial charge is 0.253 e. The Kier molecular flexibility index (Phi) is 6.40. The van der Waals surface area contributed by atoms with E-state index in [1.54, 1.807) is 6.07 Å². The van der Waals surface area contributed by atoms with Crippen LogP contribution in [-0.2, 0) is 11.2 Å². The molecule has 0 bridgehead atoms. The maximum absolute atomic E-state index is 14.0. The van der Waals surface area contributed by atoms with Crippen molar-refractivity contribution in [2.24, 2.45) is 17.1 Å². The van der Waals surface area contributed by atoms with Gasteiger partial charge in [-0.25, -0.2) is 4.39 Å². The molecule has 2 aliphatic rings. The van der Waals surface area contributed by atoms with Crippen LogP contribution < -0.4 is 15.8 Å². The van der Waals surface area contributed by atoms with Crippen molar-refractivity contribution in [3.8, 4) is 16.9 Å². The summed E-state index contributed by atoms with van der Waals surface area (Å²) in [7, 11) is 0. The number of halogens is 1. The van der Waals surface area contributed by atoms with Crippen LogP contribution in [0.1, 0.15) is 58.2 Å². The highest BCUT2D eigenvalue weighted by atomic mass is 19.1. The second-order valence-corrected chi connectivity index (χ2v) is 10.9. The lowest BCUT2D eigenvalue weighted by molar-refractivity contribution is -0.117. The van der Waals surface area contributed by atoms with Gasteiger partial charge in [0.05, 0.1) is 18.0 Å². The summed E-state index contributed by atoms with van der Waals surface area (Å²) >= 11 is 0. The third-order valence-corrected chi connectivity index (χ3v) is 8.44. The molecule has 3 atom stereocenters. The Balaban J connectivity index is 1.19. The second kappa shape index (κ2) is 9.93. The van der Waals surface area contributed by atoms with Crippen molar-refractivity contribution in [2.75, 3.05) is 11.9 Å². The molecule has 1 spiro atoms. The number of hydrogen-bond acceptors (Lipinski definition) is 6. The molecule has 0 saturated heterocycles. The van der Waals surface area contributed by atoms with E-state index in [2.05, 4.69) is 20.7 Å². The predicted octanol–water partition coefficient (Wildman–Crippen LogP) is 5.06. The van der Waals surface area contributed by atoms with Gasteiger partial charge in [0, 0.05) is 40.8 Å². The topological polar surface area (TPSA) is 136 Å². The number of fused-ring (bicyclic) bond motifs is 1. The van der Waals surface area contributed by atoms with Crippen molar-refractivity contribution in [3.63, 3.8) is 0 Å². The Morgan fingerprint density at radius 1 is 1.20 bits per heavy atom. The van der Waals surface area contributed by atoms with Crippen molar-refractivity contribution in [1.29, 1.82) is 0 Å². The number of H-pyrrole nitrogens is 1. The molecule has 2 aromatic heterocycles. The van der Waals surface area contributed by atoms with Crippen LogP contribution in [-0.4, -0.2) is 33.8 Å². The van der Waals surface area contributed by atoms with E-state index in [1.165, 1.54) is 18.4 Å². The van der Waals surface area contributed by atoms with Crippen molar-refractivity contribution < 1.29 is 23.2 Å². The quantitative estimate of drug-likeness (QED) is 0.284. The van der Waals surface area contributed by atoms with E-state index in [-0.39, 0.29) is 41.0 Å². The number of aryl methyl sites for hydroxylation is 3. The number of aromatic nitrogens is 3. The van der Waals surface area contributed by atoms with Crippen LogP contribution in [0.3, 0.4) is 0 Å². The van der Waals surface area contributed by atoms with Crippen molar-refractivity contribution >= 4 is 17.5 Å². The van der Waals surface area contributed by atoms with Crippen LogP contribution >= 0.6 is 0 Å². The van der Waals surface area contributed by atoms with E-state index in [9.17, 15) is 14.0 Å². The molecule has 2 amide bonds. The lowest BCUT2D eigenvalue weighted by Gasteiger charge is -2.35. The van der Waals surface area contributed by atoms with Gasteiger partial charge in [0.15, 0.2) is 0 Å². The molecule has 1 saturated carbocycles. The van der Waals surface area contributed by atoms with Gasteiger partial charge >= 0.3 is 0 Å². The Labute approximate surface area is 230 Å². The highest BCUT2D eigenvalue weighted by Crippen LogP contribution is 2.66. The lowest BCUT2D eigenvalue weighted by atomic mass is 9.76. The first-order valence-electron chi connectivity index (χ1n) is 13.3. The van der Waals surface area contributed by atoms with Crippen LogP contribution in [0.15, 0.2) is 53.3 Å². The molecular weight excluding hydrogens is 513 g/mol. The molecule has 6 rings (SSSR count). The third kappa shape index (κ3) is 4.63. The second-order valence-electron chi connectivity index (χ2n) is 10.9. The van der Waals surface area contributed by atoms with Gasteiger partial charge in [-0.3, -0.25) is 14.7 Å². The average molecular weight is 544 g/mol. The molecule has 10 heteroatoms. The number of ether oxygens (including phenoxy) is 1. The summed E-state index contributed by atoms with van der Waals surface area (Å²) in [5.74, 6) is -0.498. The zero-order valence-electron chi connectivity index (χ0n) is 22.3. The molecule has 3 heterocycles. The van der Waals surface area contributed by atoms with Crippen LogP contribution in [0.25, 0.3) is 11.1 Å². The first kappa shape index (κ1) is 25.8. The Bertz CT molecular complexity index is 1570. The van der Waals surface area contributed by atoms with E-state index in [1.807, 2.05) is 38.1 Å². The minimum atomic E-state index is -0.573. The fraction of sp³-hybridized carbons (Fsp3) is 0.333. The molecule has 4 aromatic rings. The summed E-state index contributed by atoms with van der Waals surface area (Å²) in [5, 5.41) is 14.2. The lowest BCUT2D eigenvalue weighted by Crippen LogP contribution is -2.32. The van der Waals surface area contributed by atoms with Crippen LogP contribution in [0.2, 0.25) is 0 Å². The number of aromatic amines is 1. The molecule has 1 fully saturated rings. The van der Waals surface area contributed by atoms with Crippen molar-refractivity contribution in [3.05, 3.63) is 82.8 Å². The van der Waals surface area contributed by atoms with E-state index >= 15 is 0 Å². The molecule has 9 nitrogen and oxygen atoms in total. The van der Waals surface area contributed by atoms with Gasteiger partial charge in [0.1, 0.15) is 23.4 Å². The van der Waals surface area contributed by atoms with Gasteiger partial charge in [-0.05, 0) is 68.4 Å². The molecule has 1 aliphatic carbocycles. The van der Waals surface area contributed by atoms with Gasteiger partial charge in [-0.1, -0.05) is 23.4 Å². The first-order valence-corrected chi connectivity index (χ1v) is 13.3. The fourth-order valence-corrected chi connectivity index (χ4v) is 6.29. The van der Waals surface area contributed by atoms with Crippen LogP contribution in [0.4, 0.5) is 10.1 Å². The summed E-state index contributed by atoms with van der Waals surface area (Å²) in [6, 6.07) is 12.2. The molecule has 206 valence electrons. The van der Waals surface area contributed by atoms with E-state index < -0.39 is 5.91 Å². The average Bonchev–Trinajstić information content (AvgIpc) is 3.22. The third-order valence-electron chi connectivity index (χ3n) is 8.44. The number of primary amides is 1. The highest BCUT2D eigenvalue weighted by molar-refractivity contribution is 5.93. The number of amides is 2. The summed E-state index contributed by atoms with van der Waals surface area (Å²) in [6.07, 6.45) is 3.61. The molecule has 3 unspecified atom stereocenters. The molecular formula is C30H30FN5O4. The number of rotatable bonds is 8. The largest absolute Gasteiger partial charge is 0.493 e. The standard InChI is InChI=1S/C30H30FN5O4/c1-16-28(17(2)35-34-16)18-3-7-21(8-4-18)33-27(37)12-24-22-9-6-20(31)11-26(22)39-15-30(24)13-19(30)5-10-25-23(29(32)38)14-40-36-25/h3-4,6-9,11,14,19,24H,5,10,12-13,15H2,1-2H3,(H2,32,38)(H,33,37)(H,34,35). The summed E-state index contributed by atoms with van der Waals surface area (Å²) in [5.41, 5.74) is 11.5. The summed E-state index contributed by atoms with van der Waals surface area (Å²) in [6.45, 7) is 4.33. The number of benzene rings is 2.